The Morgan fingerprint density at radius 3 is 3.00 bits per heavy atom. The number of halogens is 1. The highest BCUT2D eigenvalue weighted by atomic mass is 79.9. The van der Waals surface area contributed by atoms with Crippen LogP contribution in [0.4, 0.5) is 0 Å². The van der Waals surface area contributed by atoms with Gasteiger partial charge in [0, 0.05) is 12.6 Å². The van der Waals surface area contributed by atoms with Crippen LogP contribution < -0.4 is 14.8 Å². The lowest BCUT2D eigenvalue weighted by Gasteiger charge is -2.03. The van der Waals surface area contributed by atoms with Crippen LogP contribution in [-0.4, -0.2) is 19.7 Å². The zero-order valence-corrected chi connectivity index (χ0v) is 9.05. The van der Waals surface area contributed by atoms with Crippen molar-refractivity contribution < 1.29 is 14.3 Å². The van der Waals surface area contributed by atoms with Gasteiger partial charge in [0.15, 0.2) is 11.5 Å². The van der Waals surface area contributed by atoms with Crippen LogP contribution in [0.2, 0.25) is 0 Å². The molecule has 1 heterocycles. The summed E-state index contributed by atoms with van der Waals surface area (Å²) in [6.07, 6.45) is 0. The second-order valence-corrected chi connectivity index (χ2v) is 3.63. The molecule has 0 fully saturated rings. The molecule has 1 aromatic carbocycles. The van der Waals surface area contributed by atoms with E-state index in [4.69, 9.17) is 9.47 Å². The molecule has 74 valence electrons. The van der Waals surface area contributed by atoms with E-state index in [1.807, 2.05) is 0 Å². The molecule has 0 aliphatic carbocycles. The average molecular weight is 258 g/mol. The van der Waals surface area contributed by atoms with E-state index in [1.54, 1.807) is 19.2 Å². The van der Waals surface area contributed by atoms with Crippen LogP contribution in [0.5, 0.6) is 11.5 Å². The molecule has 0 spiro atoms. The fourth-order valence-electron chi connectivity index (χ4n) is 1.24. The minimum atomic E-state index is -0.149. The number of ether oxygens (including phenoxy) is 2. The summed E-state index contributed by atoms with van der Waals surface area (Å²) >= 11 is 3.31. The average Bonchev–Trinajstić information content (AvgIpc) is 2.64. The maximum absolute atomic E-state index is 11.3. The Bertz CT molecular complexity index is 392. The van der Waals surface area contributed by atoms with Gasteiger partial charge in [-0.3, -0.25) is 4.79 Å². The van der Waals surface area contributed by atoms with E-state index in [-0.39, 0.29) is 12.7 Å². The molecule has 0 saturated heterocycles. The van der Waals surface area contributed by atoms with Crippen LogP contribution in [0.25, 0.3) is 0 Å². The largest absolute Gasteiger partial charge is 0.454 e. The second-order valence-electron chi connectivity index (χ2n) is 2.77. The summed E-state index contributed by atoms with van der Waals surface area (Å²) in [5.41, 5.74) is 0.545. The van der Waals surface area contributed by atoms with Crippen LogP contribution >= 0.6 is 15.9 Å². The number of hydrogen-bond acceptors (Lipinski definition) is 3. The van der Waals surface area contributed by atoms with Gasteiger partial charge >= 0.3 is 0 Å². The third-order valence-electron chi connectivity index (χ3n) is 1.92. The van der Waals surface area contributed by atoms with Gasteiger partial charge in [0.2, 0.25) is 6.79 Å². The first-order chi connectivity index (χ1) is 6.72. The van der Waals surface area contributed by atoms with Crippen molar-refractivity contribution in [2.45, 2.75) is 0 Å². The first kappa shape index (κ1) is 9.33. The number of benzene rings is 1. The smallest absolute Gasteiger partial charge is 0.251 e. The first-order valence-electron chi connectivity index (χ1n) is 4.03. The number of fused-ring (bicyclic) bond motifs is 1. The van der Waals surface area contributed by atoms with Crippen molar-refractivity contribution in [1.29, 1.82) is 0 Å². The van der Waals surface area contributed by atoms with E-state index in [0.717, 1.165) is 4.47 Å². The summed E-state index contributed by atoms with van der Waals surface area (Å²) in [4.78, 5) is 11.3. The van der Waals surface area contributed by atoms with Crippen LogP contribution in [0, 0.1) is 0 Å². The van der Waals surface area contributed by atoms with E-state index in [0.29, 0.717) is 17.1 Å². The predicted octanol–water partition coefficient (Wildman–Crippen LogP) is 1.54. The topological polar surface area (TPSA) is 47.6 Å². The van der Waals surface area contributed by atoms with Crippen molar-refractivity contribution in [2.75, 3.05) is 13.8 Å². The summed E-state index contributed by atoms with van der Waals surface area (Å²) < 4.78 is 11.1. The fraction of sp³-hybridized carbons (Fsp3) is 0.222. The first-order valence-corrected chi connectivity index (χ1v) is 4.83. The Hall–Kier alpha value is -1.23. The van der Waals surface area contributed by atoms with E-state index >= 15 is 0 Å². The Labute approximate surface area is 89.3 Å². The summed E-state index contributed by atoms with van der Waals surface area (Å²) in [5, 5.41) is 2.54. The molecule has 1 amide bonds. The van der Waals surface area contributed by atoms with E-state index in [1.165, 1.54) is 0 Å². The van der Waals surface area contributed by atoms with Gasteiger partial charge in [-0.05, 0) is 28.1 Å². The third kappa shape index (κ3) is 1.43. The molecule has 4 nitrogen and oxygen atoms in total. The van der Waals surface area contributed by atoms with Gasteiger partial charge in [-0.1, -0.05) is 0 Å². The molecule has 1 aliphatic rings. The number of carbonyl (C=O) groups is 1. The highest BCUT2D eigenvalue weighted by Gasteiger charge is 2.19. The van der Waals surface area contributed by atoms with Crippen LogP contribution in [0.3, 0.4) is 0 Å². The molecule has 1 aromatic rings. The molecule has 0 aromatic heterocycles. The zero-order chi connectivity index (χ0) is 10.1. The lowest BCUT2D eigenvalue weighted by molar-refractivity contribution is 0.0962. The van der Waals surface area contributed by atoms with Gasteiger partial charge in [0.1, 0.15) is 0 Å². The molecule has 0 saturated carbocycles. The number of nitrogens with one attached hydrogen (secondary N) is 1. The molecule has 0 bridgehead atoms. The van der Waals surface area contributed by atoms with E-state index in [9.17, 15) is 4.79 Å². The fourth-order valence-corrected chi connectivity index (χ4v) is 1.80. The lowest BCUT2D eigenvalue weighted by atomic mass is 10.2. The Balaban J connectivity index is 2.46. The van der Waals surface area contributed by atoms with Crippen molar-refractivity contribution in [2.24, 2.45) is 0 Å². The number of carbonyl (C=O) groups excluding carboxylic acids is 1. The molecule has 5 heteroatoms. The van der Waals surface area contributed by atoms with Crippen molar-refractivity contribution in [1.82, 2.24) is 5.32 Å². The monoisotopic (exact) mass is 257 g/mol. The SMILES string of the molecule is CNC(=O)c1cc(Br)c2c(c1)OCO2. The Morgan fingerprint density at radius 2 is 2.29 bits per heavy atom. The van der Waals surface area contributed by atoms with Crippen molar-refractivity contribution in [3.8, 4) is 11.5 Å². The standard InChI is InChI=1S/C9H8BrNO3/c1-11-9(12)5-2-6(10)8-7(3-5)13-4-14-8/h2-3H,4H2,1H3,(H,11,12). The summed E-state index contributed by atoms with van der Waals surface area (Å²) in [7, 11) is 1.58. The van der Waals surface area contributed by atoms with Crippen molar-refractivity contribution in [3.63, 3.8) is 0 Å². The molecule has 2 rings (SSSR count). The minimum Gasteiger partial charge on any atom is -0.454 e. The minimum absolute atomic E-state index is 0.149. The molecule has 1 N–H and O–H groups in total. The van der Waals surface area contributed by atoms with E-state index < -0.39 is 0 Å². The number of rotatable bonds is 1. The van der Waals surface area contributed by atoms with Gasteiger partial charge in [-0.2, -0.15) is 0 Å². The molecule has 1 aliphatic heterocycles. The van der Waals surface area contributed by atoms with Gasteiger partial charge in [0.05, 0.1) is 4.47 Å². The number of hydrogen-bond donors (Lipinski definition) is 1. The molecular weight excluding hydrogens is 250 g/mol. The maximum atomic E-state index is 11.3. The zero-order valence-electron chi connectivity index (χ0n) is 7.46. The summed E-state index contributed by atoms with van der Waals surface area (Å²) in [6, 6.07) is 3.36. The molecule has 0 unspecified atom stereocenters. The highest BCUT2D eigenvalue weighted by molar-refractivity contribution is 9.10. The Kier molecular flexibility index (Phi) is 2.33. The molecule has 0 atom stereocenters. The summed E-state index contributed by atoms with van der Waals surface area (Å²) in [5.74, 6) is 1.10. The Morgan fingerprint density at radius 1 is 1.50 bits per heavy atom. The van der Waals surface area contributed by atoms with Gasteiger partial charge < -0.3 is 14.8 Å². The molecule has 14 heavy (non-hydrogen) atoms. The normalized spacial score (nSPS) is 12.7. The van der Waals surface area contributed by atoms with Gasteiger partial charge in [0.25, 0.3) is 5.91 Å². The quantitative estimate of drug-likeness (QED) is 0.831. The number of amides is 1. The van der Waals surface area contributed by atoms with Crippen LogP contribution in [-0.2, 0) is 0 Å². The summed E-state index contributed by atoms with van der Waals surface area (Å²) in [6.45, 7) is 0.200. The van der Waals surface area contributed by atoms with Gasteiger partial charge in [-0.15, -0.1) is 0 Å². The van der Waals surface area contributed by atoms with E-state index in [2.05, 4.69) is 21.2 Å². The lowest BCUT2D eigenvalue weighted by Crippen LogP contribution is -2.17. The third-order valence-corrected chi connectivity index (χ3v) is 2.51. The second kappa shape index (κ2) is 3.49. The molecular formula is C9H8BrNO3. The maximum Gasteiger partial charge on any atom is 0.251 e. The van der Waals surface area contributed by atoms with Crippen LogP contribution in [0.15, 0.2) is 16.6 Å². The van der Waals surface area contributed by atoms with Crippen molar-refractivity contribution >= 4 is 21.8 Å². The predicted molar refractivity (Wildman–Crippen MR) is 53.7 cm³/mol. The van der Waals surface area contributed by atoms with Gasteiger partial charge in [-0.25, -0.2) is 0 Å². The molecule has 0 radical (unpaired) electrons. The highest BCUT2D eigenvalue weighted by Crippen LogP contribution is 2.39. The van der Waals surface area contributed by atoms with Crippen molar-refractivity contribution in [3.05, 3.63) is 22.2 Å². The van der Waals surface area contributed by atoms with Crippen LogP contribution in [0.1, 0.15) is 10.4 Å².